The highest BCUT2D eigenvalue weighted by atomic mass is 16.3. The number of phenols is 1. The van der Waals surface area contributed by atoms with Crippen LogP contribution >= 0.6 is 0 Å². The molecule has 1 amide bonds. The van der Waals surface area contributed by atoms with Crippen LogP contribution < -0.4 is 11.1 Å². The van der Waals surface area contributed by atoms with Crippen molar-refractivity contribution in [3.05, 3.63) is 65.2 Å². The molecule has 0 unspecified atom stereocenters. The summed E-state index contributed by atoms with van der Waals surface area (Å²) in [6.07, 6.45) is 1.01. The molecule has 0 radical (unpaired) electrons. The molecule has 0 aliphatic carbocycles. The molecule has 0 aliphatic rings. The number of aliphatic hydroxyl groups excluding tert-OH is 1. The maximum atomic E-state index is 11.3. The lowest BCUT2D eigenvalue weighted by atomic mass is 9.94. The monoisotopic (exact) mass is 342 g/mol. The number of amides is 1. The Hall–Kier alpha value is -2.37. The Labute approximate surface area is 148 Å². The smallest absolute Gasteiger partial charge is 0.248 e. The average Bonchev–Trinajstić information content (AvgIpc) is 2.59. The van der Waals surface area contributed by atoms with Crippen molar-refractivity contribution >= 4 is 5.91 Å². The van der Waals surface area contributed by atoms with E-state index >= 15 is 0 Å². The van der Waals surface area contributed by atoms with E-state index in [1.54, 1.807) is 30.3 Å². The van der Waals surface area contributed by atoms with Crippen molar-refractivity contribution in [3.63, 3.8) is 0 Å². The summed E-state index contributed by atoms with van der Waals surface area (Å²) in [6.45, 7) is 4.57. The topological polar surface area (TPSA) is 95.6 Å². The van der Waals surface area contributed by atoms with Gasteiger partial charge in [-0.15, -0.1) is 0 Å². The second-order valence-corrected chi connectivity index (χ2v) is 6.94. The molecule has 0 saturated carbocycles. The highest BCUT2D eigenvalue weighted by molar-refractivity contribution is 5.92. The summed E-state index contributed by atoms with van der Waals surface area (Å²) >= 11 is 0. The molecule has 2 aromatic carbocycles. The largest absolute Gasteiger partial charge is 0.508 e. The lowest BCUT2D eigenvalue weighted by Crippen LogP contribution is -2.42. The predicted octanol–water partition coefficient (Wildman–Crippen LogP) is 2.53. The van der Waals surface area contributed by atoms with Crippen LogP contribution in [0, 0.1) is 0 Å². The Kier molecular flexibility index (Phi) is 6.17. The van der Waals surface area contributed by atoms with Crippen LogP contribution in [0.5, 0.6) is 5.75 Å². The number of nitrogens with two attached hydrogens (primary N) is 1. The van der Waals surface area contributed by atoms with Gasteiger partial charge >= 0.3 is 0 Å². The summed E-state index contributed by atoms with van der Waals surface area (Å²) < 4.78 is 0. The Morgan fingerprint density at radius 2 is 1.88 bits per heavy atom. The molecule has 5 nitrogen and oxygen atoms in total. The first-order valence-electron chi connectivity index (χ1n) is 8.37. The number of aromatic hydroxyl groups is 1. The van der Waals surface area contributed by atoms with Crippen LogP contribution in [0.25, 0.3) is 0 Å². The second-order valence-electron chi connectivity index (χ2n) is 6.94. The minimum absolute atomic E-state index is 0.180. The van der Waals surface area contributed by atoms with Crippen molar-refractivity contribution in [2.75, 3.05) is 6.54 Å². The molecule has 2 rings (SSSR count). The number of primary amides is 1. The van der Waals surface area contributed by atoms with Gasteiger partial charge in [0, 0.05) is 17.6 Å². The number of hydrogen-bond acceptors (Lipinski definition) is 4. The van der Waals surface area contributed by atoms with Crippen molar-refractivity contribution in [1.82, 2.24) is 5.32 Å². The summed E-state index contributed by atoms with van der Waals surface area (Å²) in [5, 5.41) is 22.9. The van der Waals surface area contributed by atoms with E-state index in [9.17, 15) is 15.0 Å². The van der Waals surface area contributed by atoms with E-state index in [4.69, 9.17) is 5.73 Å². The fourth-order valence-corrected chi connectivity index (χ4v) is 2.61. The van der Waals surface area contributed by atoms with Gasteiger partial charge in [0.1, 0.15) is 5.75 Å². The first-order valence-corrected chi connectivity index (χ1v) is 8.37. The first-order chi connectivity index (χ1) is 11.8. The highest BCUT2D eigenvalue weighted by Gasteiger charge is 2.19. The van der Waals surface area contributed by atoms with E-state index in [0.717, 1.165) is 24.0 Å². The molecule has 0 aromatic heterocycles. The van der Waals surface area contributed by atoms with Gasteiger partial charge in [-0.05, 0) is 62.1 Å². The zero-order valence-electron chi connectivity index (χ0n) is 14.7. The van der Waals surface area contributed by atoms with Gasteiger partial charge in [0.05, 0.1) is 6.10 Å². The van der Waals surface area contributed by atoms with Crippen molar-refractivity contribution in [2.24, 2.45) is 5.73 Å². The minimum Gasteiger partial charge on any atom is -0.508 e. The van der Waals surface area contributed by atoms with Gasteiger partial charge in [-0.25, -0.2) is 0 Å². The number of hydrogen-bond donors (Lipinski definition) is 4. The molecular weight excluding hydrogens is 316 g/mol. The SMILES string of the molecule is CC(C)(CCc1cccc(C(N)=O)c1)NC[C@@H](O)c1ccc(O)cc1. The fraction of sp³-hybridized carbons (Fsp3) is 0.350. The minimum atomic E-state index is -0.641. The maximum absolute atomic E-state index is 11.3. The molecule has 0 bridgehead atoms. The van der Waals surface area contributed by atoms with E-state index in [-0.39, 0.29) is 11.3 Å². The van der Waals surface area contributed by atoms with E-state index in [1.807, 2.05) is 18.2 Å². The van der Waals surface area contributed by atoms with Crippen LogP contribution in [-0.4, -0.2) is 28.2 Å². The maximum Gasteiger partial charge on any atom is 0.248 e. The Morgan fingerprint density at radius 3 is 2.52 bits per heavy atom. The van der Waals surface area contributed by atoms with Crippen molar-refractivity contribution in [1.29, 1.82) is 0 Å². The van der Waals surface area contributed by atoms with E-state index in [0.29, 0.717) is 12.1 Å². The van der Waals surface area contributed by atoms with Crippen LogP contribution in [-0.2, 0) is 6.42 Å². The van der Waals surface area contributed by atoms with E-state index < -0.39 is 12.0 Å². The molecule has 5 heteroatoms. The predicted molar refractivity (Wildman–Crippen MR) is 98.4 cm³/mol. The van der Waals surface area contributed by atoms with Gasteiger partial charge in [-0.1, -0.05) is 24.3 Å². The number of aryl methyl sites for hydroxylation is 1. The molecule has 0 spiro atoms. The van der Waals surface area contributed by atoms with Gasteiger partial charge in [0.2, 0.25) is 5.91 Å². The van der Waals surface area contributed by atoms with Gasteiger partial charge in [0.15, 0.2) is 0 Å². The molecule has 1 atom stereocenters. The normalized spacial score (nSPS) is 12.8. The number of aliphatic hydroxyl groups is 1. The quantitative estimate of drug-likeness (QED) is 0.593. The van der Waals surface area contributed by atoms with Gasteiger partial charge in [-0.2, -0.15) is 0 Å². The van der Waals surface area contributed by atoms with Crippen molar-refractivity contribution in [2.45, 2.75) is 38.3 Å². The molecule has 0 fully saturated rings. The Morgan fingerprint density at radius 1 is 1.20 bits per heavy atom. The molecular formula is C20H26N2O3. The first kappa shape index (κ1) is 19.0. The van der Waals surface area contributed by atoms with Gasteiger partial charge in [0.25, 0.3) is 0 Å². The summed E-state index contributed by atoms with van der Waals surface area (Å²) in [5.41, 5.74) is 7.47. The van der Waals surface area contributed by atoms with Crippen LogP contribution in [0.3, 0.4) is 0 Å². The summed E-state index contributed by atoms with van der Waals surface area (Å²) in [5.74, 6) is -0.237. The molecule has 0 aliphatic heterocycles. The molecule has 0 saturated heterocycles. The standard InChI is InChI=1S/C20H26N2O3/c1-20(2,11-10-14-4-3-5-16(12-14)19(21)25)22-13-18(24)15-6-8-17(23)9-7-15/h3-9,12,18,22-24H,10-11,13H2,1-2H3,(H2,21,25)/t18-/m1/s1. The lowest BCUT2D eigenvalue weighted by Gasteiger charge is -2.28. The van der Waals surface area contributed by atoms with E-state index in [2.05, 4.69) is 19.2 Å². The third kappa shape index (κ3) is 5.89. The lowest BCUT2D eigenvalue weighted by molar-refractivity contribution is 0.1000. The number of phenolic OH excluding ortho intramolecular Hbond substituents is 1. The number of carbonyl (C=O) groups excluding carboxylic acids is 1. The zero-order valence-corrected chi connectivity index (χ0v) is 14.7. The number of nitrogens with one attached hydrogen (secondary N) is 1. The van der Waals surface area contributed by atoms with Crippen LogP contribution in [0.4, 0.5) is 0 Å². The van der Waals surface area contributed by atoms with Crippen LogP contribution in [0.2, 0.25) is 0 Å². The second kappa shape index (κ2) is 8.14. The van der Waals surface area contributed by atoms with Gasteiger partial charge < -0.3 is 21.3 Å². The number of carbonyl (C=O) groups is 1. The summed E-state index contributed by atoms with van der Waals surface area (Å²) in [7, 11) is 0. The van der Waals surface area contributed by atoms with Crippen LogP contribution in [0.1, 0.15) is 47.9 Å². The Balaban J connectivity index is 1.87. The molecule has 25 heavy (non-hydrogen) atoms. The van der Waals surface area contributed by atoms with Crippen molar-refractivity contribution < 1.29 is 15.0 Å². The molecule has 134 valence electrons. The van der Waals surface area contributed by atoms with Crippen LogP contribution in [0.15, 0.2) is 48.5 Å². The number of rotatable bonds is 8. The highest BCUT2D eigenvalue weighted by Crippen LogP contribution is 2.19. The van der Waals surface area contributed by atoms with Crippen molar-refractivity contribution in [3.8, 4) is 5.75 Å². The molecule has 5 N–H and O–H groups in total. The zero-order chi connectivity index (χ0) is 18.4. The molecule has 2 aromatic rings. The average molecular weight is 342 g/mol. The number of benzene rings is 2. The molecule has 0 heterocycles. The summed E-state index contributed by atoms with van der Waals surface area (Å²) in [6, 6.07) is 13.9. The van der Waals surface area contributed by atoms with Gasteiger partial charge in [-0.3, -0.25) is 4.79 Å². The third-order valence-electron chi connectivity index (χ3n) is 4.30. The summed E-state index contributed by atoms with van der Waals surface area (Å²) in [4.78, 5) is 11.3. The fourth-order valence-electron chi connectivity index (χ4n) is 2.61. The Bertz CT molecular complexity index is 711. The third-order valence-corrected chi connectivity index (χ3v) is 4.30. The van der Waals surface area contributed by atoms with E-state index in [1.165, 1.54) is 0 Å². The number of β-amino-alcohol motifs (C(OH)–C–C–N with tert-alkyl or cyclic N) is 1.